The lowest BCUT2D eigenvalue weighted by molar-refractivity contribution is 0.525. The van der Waals surface area contributed by atoms with Crippen molar-refractivity contribution >= 4 is 31.8 Å². The van der Waals surface area contributed by atoms with Crippen LogP contribution < -0.4 is 4.72 Å². The number of halogens is 3. The molecule has 0 aliphatic heterocycles. The smallest absolute Gasteiger partial charge is 0.268 e. The number of nitrogens with one attached hydrogen (secondary N) is 1. The maximum absolute atomic E-state index is 13.2. The molecule has 0 radical (unpaired) electrons. The van der Waals surface area contributed by atoms with Crippen molar-refractivity contribution in [1.82, 2.24) is 4.31 Å². The number of anilines is 1. The first kappa shape index (κ1) is 13.3. The molecule has 0 fully saturated rings. The monoisotopic (exact) mass is 314 g/mol. The minimum atomic E-state index is -3.80. The molecule has 4 nitrogen and oxygen atoms in total. The second-order valence-corrected chi connectivity index (χ2v) is 5.87. The molecule has 90 valence electrons. The molecule has 0 heterocycles. The van der Waals surface area contributed by atoms with Gasteiger partial charge >= 0.3 is 10.2 Å². The molecule has 0 aromatic heterocycles. The second-order valence-electron chi connectivity index (χ2n) is 3.14. The molecule has 0 bridgehead atoms. The van der Waals surface area contributed by atoms with Crippen molar-refractivity contribution in [3.05, 3.63) is 28.2 Å². The summed E-state index contributed by atoms with van der Waals surface area (Å²) in [6.07, 6.45) is 0. The molecular weight excluding hydrogens is 306 g/mol. The summed E-state index contributed by atoms with van der Waals surface area (Å²) in [5.74, 6) is -1.78. The highest BCUT2D eigenvalue weighted by Gasteiger charge is 2.17. The molecule has 0 spiro atoms. The zero-order valence-corrected chi connectivity index (χ0v) is 10.9. The van der Waals surface area contributed by atoms with Crippen molar-refractivity contribution in [3.63, 3.8) is 0 Å². The third-order valence-electron chi connectivity index (χ3n) is 1.73. The molecule has 0 saturated heterocycles. The fourth-order valence-electron chi connectivity index (χ4n) is 0.831. The molecule has 0 aliphatic carbocycles. The van der Waals surface area contributed by atoms with Crippen LogP contribution in [0, 0.1) is 11.6 Å². The summed E-state index contributed by atoms with van der Waals surface area (Å²) in [6, 6.07) is 1.61. The minimum Gasteiger partial charge on any atom is -0.268 e. The average molecular weight is 315 g/mol. The van der Waals surface area contributed by atoms with Gasteiger partial charge in [0.1, 0.15) is 11.6 Å². The number of hydrogen-bond donors (Lipinski definition) is 1. The van der Waals surface area contributed by atoms with Crippen LogP contribution in [0.5, 0.6) is 0 Å². The van der Waals surface area contributed by atoms with E-state index >= 15 is 0 Å². The van der Waals surface area contributed by atoms with Crippen LogP contribution in [-0.2, 0) is 10.2 Å². The van der Waals surface area contributed by atoms with Gasteiger partial charge in [0.25, 0.3) is 0 Å². The zero-order valence-electron chi connectivity index (χ0n) is 8.46. The predicted octanol–water partition coefficient (Wildman–Crippen LogP) is 1.95. The third kappa shape index (κ3) is 2.89. The van der Waals surface area contributed by atoms with Crippen molar-refractivity contribution in [2.75, 3.05) is 18.8 Å². The zero-order chi connectivity index (χ0) is 12.5. The van der Waals surface area contributed by atoms with Crippen molar-refractivity contribution in [3.8, 4) is 0 Å². The van der Waals surface area contributed by atoms with Crippen LogP contribution in [0.3, 0.4) is 0 Å². The first-order valence-electron chi connectivity index (χ1n) is 4.09. The van der Waals surface area contributed by atoms with E-state index in [4.69, 9.17) is 0 Å². The molecule has 16 heavy (non-hydrogen) atoms. The van der Waals surface area contributed by atoms with E-state index in [1.807, 2.05) is 4.72 Å². The Bertz CT molecular complexity index is 505. The van der Waals surface area contributed by atoms with Crippen LogP contribution in [0.15, 0.2) is 16.6 Å². The van der Waals surface area contributed by atoms with Gasteiger partial charge in [0.05, 0.1) is 10.2 Å². The van der Waals surface area contributed by atoms with E-state index in [1.165, 1.54) is 14.1 Å². The van der Waals surface area contributed by atoms with Crippen molar-refractivity contribution in [2.45, 2.75) is 0 Å². The van der Waals surface area contributed by atoms with Crippen LogP contribution in [0.2, 0.25) is 0 Å². The summed E-state index contributed by atoms with van der Waals surface area (Å²) < 4.78 is 51.7. The maximum Gasteiger partial charge on any atom is 0.301 e. The number of nitrogens with zero attached hydrogens (tertiary/aromatic N) is 1. The maximum atomic E-state index is 13.2. The summed E-state index contributed by atoms with van der Waals surface area (Å²) in [7, 11) is -1.22. The summed E-state index contributed by atoms with van der Waals surface area (Å²) >= 11 is 2.83. The van der Waals surface area contributed by atoms with Gasteiger partial charge in [0.2, 0.25) is 0 Å². The van der Waals surface area contributed by atoms with E-state index < -0.39 is 21.8 Å². The van der Waals surface area contributed by atoms with E-state index in [0.717, 1.165) is 10.4 Å². The summed E-state index contributed by atoms with van der Waals surface area (Å²) in [5.41, 5.74) is -0.318. The van der Waals surface area contributed by atoms with Gasteiger partial charge in [-0.05, 0) is 22.0 Å². The first-order valence-corrected chi connectivity index (χ1v) is 6.32. The molecule has 0 aliphatic rings. The van der Waals surface area contributed by atoms with Gasteiger partial charge in [0.15, 0.2) is 0 Å². The minimum absolute atomic E-state index is 0.0228. The van der Waals surface area contributed by atoms with Gasteiger partial charge < -0.3 is 0 Å². The van der Waals surface area contributed by atoms with E-state index in [0.29, 0.717) is 6.07 Å². The number of rotatable bonds is 3. The van der Waals surface area contributed by atoms with Crippen LogP contribution in [-0.4, -0.2) is 26.8 Å². The fourth-order valence-corrected chi connectivity index (χ4v) is 1.79. The Kier molecular flexibility index (Phi) is 3.87. The molecule has 1 aromatic rings. The van der Waals surface area contributed by atoms with Gasteiger partial charge in [-0.2, -0.15) is 12.7 Å². The Morgan fingerprint density at radius 3 is 2.31 bits per heavy atom. The molecule has 1 rings (SSSR count). The van der Waals surface area contributed by atoms with Crippen LogP contribution in [0.25, 0.3) is 0 Å². The lowest BCUT2D eigenvalue weighted by Crippen LogP contribution is -2.29. The standard InChI is InChI=1S/C8H9BrF2N2O2S/c1-13(2)16(14,15)12-8-3-5(9)6(10)4-7(8)11/h3-4,12H,1-2H3. The Morgan fingerprint density at radius 2 is 1.81 bits per heavy atom. The van der Waals surface area contributed by atoms with Crippen LogP contribution in [0.4, 0.5) is 14.5 Å². The van der Waals surface area contributed by atoms with Gasteiger partial charge in [-0.15, -0.1) is 0 Å². The molecule has 1 N–H and O–H groups in total. The van der Waals surface area contributed by atoms with Crippen molar-refractivity contribution in [1.29, 1.82) is 0 Å². The highest BCUT2D eigenvalue weighted by atomic mass is 79.9. The largest absolute Gasteiger partial charge is 0.301 e. The number of benzene rings is 1. The summed E-state index contributed by atoms with van der Waals surface area (Å²) in [6.45, 7) is 0. The summed E-state index contributed by atoms with van der Waals surface area (Å²) in [5, 5.41) is 0. The third-order valence-corrected chi connectivity index (χ3v) is 3.78. The van der Waals surface area contributed by atoms with Gasteiger partial charge in [-0.1, -0.05) is 0 Å². The lowest BCUT2D eigenvalue weighted by Gasteiger charge is -2.14. The molecule has 1 aromatic carbocycles. The first-order chi connectivity index (χ1) is 7.24. The van der Waals surface area contributed by atoms with E-state index in [1.54, 1.807) is 0 Å². The Labute approximate surface area is 101 Å². The average Bonchev–Trinajstić information content (AvgIpc) is 2.13. The molecule has 8 heteroatoms. The SMILES string of the molecule is CN(C)S(=O)(=O)Nc1cc(Br)c(F)cc1F. The quantitative estimate of drug-likeness (QED) is 0.867. The Balaban J connectivity index is 3.13. The van der Waals surface area contributed by atoms with E-state index in [2.05, 4.69) is 15.9 Å². The number of hydrogen-bond acceptors (Lipinski definition) is 2. The molecule has 0 amide bonds. The molecule has 0 saturated carbocycles. The lowest BCUT2D eigenvalue weighted by atomic mass is 10.3. The highest BCUT2D eigenvalue weighted by molar-refractivity contribution is 9.10. The summed E-state index contributed by atoms with van der Waals surface area (Å²) in [4.78, 5) is 0. The van der Waals surface area contributed by atoms with Crippen LogP contribution >= 0.6 is 15.9 Å². The molecule has 0 unspecified atom stereocenters. The molecular formula is C8H9BrF2N2O2S. The van der Waals surface area contributed by atoms with Crippen molar-refractivity contribution in [2.24, 2.45) is 0 Å². The van der Waals surface area contributed by atoms with Gasteiger partial charge in [-0.3, -0.25) is 4.72 Å². The topological polar surface area (TPSA) is 49.4 Å². The van der Waals surface area contributed by atoms with E-state index in [9.17, 15) is 17.2 Å². The van der Waals surface area contributed by atoms with E-state index in [-0.39, 0.29) is 10.2 Å². The Hall–Kier alpha value is -0.730. The fraction of sp³-hybridized carbons (Fsp3) is 0.250. The van der Waals surface area contributed by atoms with Gasteiger partial charge in [-0.25, -0.2) is 8.78 Å². The Morgan fingerprint density at radius 1 is 1.25 bits per heavy atom. The normalized spacial score (nSPS) is 11.9. The van der Waals surface area contributed by atoms with Crippen LogP contribution in [0.1, 0.15) is 0 Å². The van der Waals surface area contributed by atoms with Crippen molar-refractivity contribution < 1.29 is 17.2 Å². The predicted molar refractivity (Wildman–Crippen MR) is 60.3 cm³/mol. The van der Waals surface area contributed by atoms with Gasteiger partial charge in [0, 0.05) is 20.2 Å². The highest BCUT2D eigenvalue weighted by Crippen LogP contribution is 2.24. The molecule has 0 atom stereocenters. The second kappa shape index (κ2) is 4.64.